The van der Waals surface area contributed by atoms with Crippen LogP contribution in [0.5, 0.6) is 0 Å². The number of hydrogen-bond donors (Lipinski definition) is 2. The van der Waals surface area contributed by atoms with E-state index in [1.807, 2.05) is 6.07 Å². The Kier molecular flexibility index (Phi) is 6.56. The minimum Gasteiger partial charge on any atom is -0.355 e. The zero-order chi connectivity index (χ0) is 14.3. The summed E-state index contributed by atoms with van der Waals surface area (Å²) in [5, 5.41) is 5.36. The second-order valence-corrected chi connectivity index (χ2v) is 5.64. The van der Waals surface area contributed by atoms with E-state index in [1.165, 1.54) is 0 Å². The van der Waals surface area contributed by atoms with E-state index in [0.29, 0.717) is 18.0 Å². The molecule has 4 nitrogen and oxygen atoms in total. The SMILES string of the molecule is CC(C)CCNC(=O)CNC(=O)c1cccc(Br)c1. The molecule has 1 aromatic carbocycles. The predicted molar refractivity (Wildman–Crippen MR) is 78.9 cm³/mol. The largest absolute Gasteiger partial charge is 0.355 e. The molecule has 0 aliphatic heterocycles. The van der Waals surface area contributed by atoms with Gasteiger partial charge in [0.05, 0.1) is 6.54 Å². The van der Waals surface area contributed by atoms with Crippen molar-refractivity contribution in [1.82, 2.24) is 10.6 Å². The summed E-state index contributed by atoms with van der Waals surface area (Å²) in [5.74, 6) is 0.140. The van der Waals surface area contributed by atoms with Crippen molar-refractivity contribution in [2.75, 3.05) is 13.1 Å². The van der Waals surface area contributed by atoms with E-state index < -0.39 is 0 Å². The number of halogens is 1. The van der Waals surface area contributed by atoms with Crippen LogP contribution < -0.4 is 10.6 Å². The molecule has 1 aromatic rings. The number of amides is 2. The maximum absolute atomic E-state index is 11.8. The molecule has 0 spiro atoms. The van der Waals surface area contributed by atoms with Crippen LogP contribution in [0.3, 0.4) is 0 Å². The van der Waals surface area contributed by atoms with Crippen LogP contribution in [0.15, 0.2) is 28.7 Å². The zero-order valence-corrected chi connectivity index (χ0v) is 12.8. The fourth-order valence-electron chi connectivity index (χ4n) is 1.46. The Bertz CT molecular complexity index is 447. The summed E-state index contributed by atoms with van der Waals surface area (Å²) in [6, 6.07) is 7.04. The molecular weight excluding hydrogens is 308 g/mol. The van der Waals surface area contributed by atoms with Crippen molar-refractivity contribution < 1.29 is 9.59 Å². The third kappa shape index (κ3) is 6.38. The number of nitrogens with one attached hydrogen (secondary N) is 2. The van der Waals surface area contributed by atoms with Gasteiger partial charge in [-0.25, -0.2) is 0 Å². The first-order chi connectivity index (χ1) is 8.99. The molecule has 0 radical (unpaired) electrons. The summed E-state index contributed by atoms with van der Waals surface area (Å²) in [6.07, 6.45) is 0.936. The van der Waals surface area contributed by atoms with E-state index in [2.05, 4.69) is 40.4 Å². The van der Waals surface area contributed by atoms with Crippen LogP contribution >= 0.6 is 15.9 Å². The van der Waals surface area contributed by atoms with Gasteiger partial charge in [0.1, 0.15) is 0 Å². The molecule has 0 aromatic heterocycles. The van der Waals surface area contributed by atoms with Crippen LogP contribution in [-0.4, -0.2) is 24.9 Å². The second-order valence-electron chi connectivity index (χ2n) is 4.73. The lowest BCUT2D eigenvalue weighted by molar-refractivity contribution is -0.120. The molecule has 0 aliphatic carbocycles. The Morgan fingerprint density at radius 3 is 2.63 bits per heavy atom. The number of carbonyl (C=O) groups excluding carboxylic acids is 2. The average Bonchev–Trinajstić information content (AvgIpc) is 2.35. The Hall–Kier alpha value is -1.36. The van der Waals surface area contributed by atoms with Crippen LogP contribution in [-0.2, 0) is 4.79 Å². The van der Waals surface area contributed by atoms with Gasteiger partial charge in [-0.3, -0.25) is 9.59 Å². The van der Waals surface area contributed by atoms with Gasteiger partial charge in [-0.05, 0) is 30.5 Å². The Morgan fingerprint density at radius 2 is 2.00 bits per heavy atom. The van der Waals surface area contributed by atoms with Gasteiger partial charge in [0, 0.05) is 16.6 Å². The topological polar surface area (TPSA) is 58.2 Å². The van der Waals surface area contributed by atoms with Crippen molar-refractivity contribution in [3.63, 3.8) is 0 Å². The average molecular weight is 327 g/mol. The van der Waals surface area contributed by atoms with Crippen molar-refractivity contribution in [2.24, 2.45) is 5.92 Å². The maximum Gasteiger partial charge on any atom is 0.251 e. The highest BCUT2D eigenvalue weighted by Crippen LogP contribution is 2.11. The molecule has 0 fully saturated rings. The quantitative estimate of drug-likeness (QED) is 0.843. The van der Waals surface area contributed by atoms with E-state index in [0.717, 1.165) is 10.9 Å². The van der Waals surface area contributed by atoms with Gasteiger partial charge in [0.2, 0.25) is 5.91 Å². The molecule has 0 bridgehead atoms. The minimum absolute atomic E-state index is 0.00341. The van der Waals surface area contributed by atoms with Crippen LogP contribution in [0.25, 0.3) is 0 Å². The number of benzene rings is 1. The molecular formula is C14H19BrN2O2. The summed E-state index contributed by atoms with van der Waals surface area (Å²) in [4.78, 5) is 23.3. The lowest BCUT2D eigenvalue weighted by Gasteiger charge is -2.08. The van der Waals surface area contributed by atoms with E-state index in [1.54, 1.807) is 18.2 Å². The lowest BCUT2D eigenvalue weighted by atomic mass is 10.1. The normalized spacial score (nSPS) is 10.3. The molecule has 0 heterocycles. The zero-order valence-electron chi connectivity index (χ0n) is 11.2. The molecule has 1 rings (SSSR count). The fourth-order valence-corrected chi connectivity index (χ4v) is 1.85. The smallest absolute Gasteiger partial charge is 0.251 e. The second kappa shape index (κ2) is 7.94. The first kappa shape index (κ1) is 15.7. The lowest BCUT2D eigenvalue weighted by Crippen LogP contribution is -2.37. The van der Waals surface area contributed by atoms with Crippen LogP contribution in [0.4, 0.5) is 0 Å². The van der Waals surface area contributed by atoms with Crippen LogP contribution in [0.1, 0.15) is 30.6 Å². The van der Waals surface area contributed by atoms with Crippen LogP contribution in [0.2, 0.25) is 0 Å². The maximum atomic E-state index is 11.8. The molecule has 2 N–H and O–H groups in total. The fraction of sp³-hybridized carbons (Fsp3) is 0.429. The van der Waals surface area contributed by atoms with Crippen molar-refractivity contribution in [3.8, 4) is 0 Å². The first-order valence-electron chi connectivity index (χ1n) is 6.29. The van der Waals surface area contributed by atoms with E-state index in [9.17, 15) is 9.59 Å². The summed E-state index contributed by atoms with van der Waals surface area (Å²) >= 11 is 3.30. The summed E-state index contributed by atoms with van der Waals surface area (Å²) < 4.78 is 0.835. The number of carbonyl (C=O) groups is 2. The number of rotatable bonds is 6. The molecule has 0 aliphatic rings. The molecule has 19 heavy (non-hydrogen) atoms. The van der Waals surface area contributed by atoms with Crippen LogP contribution in [0, 0.1) is 5.92 Å². The number of hydrogen-bond acceptors (Lipinski definition) is 2. The molecule has 0 atom stereocenters. The van der Waals surface area contributed by atoms with Gasteiger partial charge in [0.25, 0.3) is 5.91 Å². The van der Waals surface area contributed by atoms with E-state index >= 15 is 0 Å². The monoisotopic (exact) mass is 326 g/mol. The Labute approximate surface area is 122 Å². The van der Waals surface area contributed by atoms with Gasteiger partial charge in [0.15, 0.2) is 0 Å². The van der Waals surface area contributed by atoms with Crippen molar-refractivity contribution in [3.05, 3.63) is 34.3 Å². The van der Waals surface area contributed by atoms with E-state index in [4.69, 9.17) is 0 Å². The summed E-state index contributed by atoms with van der Waals surface area (Å²) in [5.41, 5.74) is 0.532. The highest BCUT2D eigenvalue weighted by Gasteiger charge is 2.08. The molecule has 0 saturated carbocycles. The predicted octanol–water partition coefficient (Wildman–Crippen LogP) is 2.34. The Morgan fingerprint density at radius 1 is 1.26 bits per heavy atom. The van der Waals surface area contributed by atoms with Gasteiger partial charge in [-0.1, -0.05) is 35.8 Å². The third-order valence-corrected chi connectivity index (χ3v) is 3.03. The van der Waals surface area contributed by atoms with Crippen molar-refractivity contribution >= 4 is 27.7 Å². The molecule has 104 valence electrons. The molecule has 0 saturated heterocycles. The summed E-state index contributed by atoms with van der Waals surface area (Å²) in [7, 11) is 0. The van der Waals surface area contributed by atoms with Gasteiger partial charge >= 0.3 is 0 Å². The molecule has 5 heteroatoms. The standard InChI is InChI=1S/C14H19BrN2O2/c1-10(2)6-7-16-13(18)9-17-14(19)11-4-3-5-12(15)8-11/h3-5,8,10H,6-7,9H2,1-2H3,(H,16,18)(H,17,19). The van der Waals surface area contributed by atoms with Crippen molar-refractivity contribution in [1.29, 1.82) is 0 Å². The van der Waals surface area contributed by atoms with Gasteiger partial charge < -0.3 is 10.6 Å². The van der Waals surface area contributed by atoms with E-state index in [-0.39, 0.29) is 18.4 Å². The minimum atomic E-state index is -0.250. The molecule has 0 unspecified atom stereocenters. The first-order valence-corrected chi connectivity index (χ1v) is 7.09. The van der Waals surface area contributed by atoms with Gasteiger partial charge in [-0.2, -0.15) is 0 Å². The van der Waals surface area contributed by atoms with Gasteiger partial charge in [-0.15, -0.1) is 0 Å². The highest BCUT2D eigenvalue weighted by molar-refractivity contribution is 9.10. The van der Waals surface area contributed by atoms with Crippen molar-refractivity contribution in [2.45, 2.75) is 20.3 Å². The molecule has 2 amide bonds. The third-order valence-electron chi connectivity index (χ3n) is 2.54. The summed E-state index contributed by atoms with van der Waals surface area (Å²) in [6.45, 7) is 4.84. The highest BCUT2D eigenvalue weighted by atomic mass is 79.9. The Balaban J connectivity index is 2.32.